The third kappa shape index (κ3) is 3.20. The zero-order chi connectivity index (χ0) is 20.0. The molecule has 0 aliphatic carbocycles. The predicted molar refractivity (Wildman–Crippen MR) is 125 cm³/mol. The summed E-state index contributed by atoms with van der Waals surface area (Å²) in [6, 6.07) is 22.6. The molecule has 29 heavy (non-hydrogen) atoms. The van der Waals surface area contributed by atoms with Crippen molar-refractivity contribution in [2.24, 2.45) is 0 Å². The van der Waals surface area contributed by atoms with Crippen LogP contribution in [0.3, 0.4) is 0 Å². The van der Waals surface area contributed by atoms with Crippen LogP contribution in [-0.4, -0.2) is 9.55 Å². The largest absolute Gasteiger partial charge is 0.294 e. The number of halogens is 1. The van der Waals surface area contributed by atoms with E-state index < -0.39 is 0 Å². The lowest BCUT2D eigenvalue weighted by Crippen LogP contribution is -2.21. The zero-order valence-corrected chi connectivity index (χ0v) is 18.1. The average Bonchev–Trinajstić information content (AvgIpc) is 3.08. The second-order valence-corrected chi connectivity index (χ2v) is 9.16. The highest BCUT2D eigenvalue weighted by Crippen LogP contribution is 2.36. The van der Waals surface area contributed by atoms with Crippen molar-refractivity contribution in [2.45, 2.75) is 13.5 Å². The topological polar surface area (TPSA) is 34.9 Å². The molecule has 5 aromatic rings. The molecule has 0 saturated heterocycles. The fourth-order valence-corrected chi connectivity index (χ4v) is 5.10. The smallest absolute Gasteiger partial charge is 0.263 e. The number of hydrogen-bond donors (Lipinski definition) is 0. The van der Waals surface area contributed by atoms with Crippen molar-refractivity contribution >= 4 is 48.3 Å². The van der Waals surface area contributed by atoms with Crippen molar-refractivity contribution in [1.82, 2.24) is 9.55 Å². The van der Waals surface area contributed by atoms with Gasteiger partial charge < -0.3 is 0 Å². The van der Waals surface area contributed by atoms with Crippen molar-refractivity contribution in [1.29, 1.82) is 0 Å². The molecule has 0 atom stereocenters. The van der Waals surface area contributed by atoms with Gasteiger partial charge in [0.15, 0.2) is 0 Å². The molecule has 0 fully saturated rings. The summed E-state index contributed by atoms with van der Waals surface area (Å²) in [5.41, 5.74) is 3.15. The minimum Gasteiger partial charge on any atom is -0.294 e. The van der Waals surface area contributed by atoms with E-state index in [0.717, 1.165) is 36.3 Å². The van der Waals surface area contributed by atoms with Crippen molar-refractivity contribution in [3.8, 4) is 11.1 Å². The first-order chi connectivity index (χ1) is 14.1. The van der Waals surface area contributed by atoms with Crippen LogP contribution in [0.2, 0.25) is 0 Å². The number of thiophene rings is 1. The first kappa shape index (κ1) is 18.3. The van der Waals surface area contributed by atoms with Crippen molar-refractivity contribution in [3.05, 3.63) is 98.3 Å². The maximum absolute atomic E-state index is 13.5. The van der Waals surface area contributed by atoms with Crippen molar-refractivity contribution in [2.75, 3.05) is 0 Å². The molecule has 0 radical (unpaired) electrons. The van der Waals surface area contributed by atoms with Gasteiger partial charge in [0.25, 0.3) is 5.56 Å². The van der Waals surface area contributed by atoms with E-state index in [1.807, 2.05) is 42.5 Å². The van der Waals surface area contributed by atoms with Gasteiger partial charge in [-0.25, -0.2) is 4.98 Å². The quantitative estimate of drug-likeness (QED) is 0.312. The Kier molecular flexibility index (Phi) is 4.57. The molecule has 0 saturated carbocycles. The van der Waals surface area contributed by atoms with Gasteiger partial charge in [-0.1, -0.05) is 70.5 Å². The van der Waals surface area contributed by atoms with Gasteiger partial charge in [-0.3, -0.25) is 9.36 Å². The van der Waals surface area contributed by atoms with E-state index in [1.54, 1.807) is 22.2 Å². The normalized spacial score (nSPS) is 11.4. The number of aromatic nitrogens is 2. The minimum atomic E-state index is 0.00482. The van der Waals surface area contributed by atoms with Crippen LogP contribution < -0.4 is 5.56 Å². The second kappa shape index (κ2) is 7.25. The van der Waals surface area contributed by atoms with Crippen LogP contribution in [0.5, 0.6) is 0 Å². The van der Waals surface area contributed by atoms with Crippen LogP contribution in [0.4, 0.5) is 0 Å². The highest BCUT2D eigenvalue weighted by molar-refractivity contribution is 9.10. The van der Waals surface area contributed by atoms with E-state index >= 15 is 0 Å². The maximum atomic E-state index is 13.5. The van der Waals surface area contributed by atoms with Gasteiger partial charge in [-0.15, -0.1) is 11.3 Å². The van der Waals surface area contributed by atoms with Crippen LogP contribution in [-0.2, 0) is 6.54 Å². The molecule has 142 valence electrons. The Balaban J connectivity index is 1.68. The molecule has 3 aromatic carbocycles. The molecule has 0 amide bonds. The fraction of sp³-hybridized carbons (Fsp3) is 0.0833. The molecule has 0 aliphatic rings. The number of nitrogens with zero attached hydrogens (tertiary/aromatic N) is 2. The lowest BCUT2D eigenvalue weighted by Gasteiger charge is -2.09. The van der Waals surface area contributed by atoms with E-state index in [2.05, 4.69) is 52.1 Å². The zero-order valence-electron chi connectivity index (χ0n) is 15.7. The van der Waals surface area contributed by atoms with E-state index in [0.29, 0.717) is 11.9 Å². The molecule has 0 spiro atoms. The van der Waals surface area contributed by atoms with Gasteiger partial charge in [0.2, 0.25) is 0 Å². The SMILES string of the molecule is Cc1sc2ncn(Cc3cccc4ccccc34)c(=O)c2c1-c1ccc(Br)cc1. The number of fused-ring (bicyclic) bond motifs is 2. The third-order valence-corrected chi connectivity index (χ3v) is 6.75. The standard InChI is InChI=1S/C24H17BrN2OS/c1-15-21(17-9-11-19(25)12-10-17)22-23(29-15)26-14-27(24(22)28)13-18-7-4-6-16-5-2-3-8-20(16)18/h2-12,14H,13H2,1H3. The first-order valence-electron chi connectivity index (χ1n) is 9.33. The van der Waals surface area contributed by atoms with Crippen molar-refractivity contribution in [3.63, 3.8) is 0 Å². The number of hydrogen-bond acceptors (Lipinski definition) is 3. The van der Waals surface area contributed by atoms with Crippen LogP contribution >= 0.6 is 27.3 Å². The molecule has 5 rings (SSSR count). The number of aryl methyl sites for hydroxylation is 1. The fourth-order valence-electron chi connectivity index (χ4n) is 3.83. The lowest BCUT2D eigenvalue weighted by atomic mass is 10.0. The summed E-state index contributed by atoms with van der Waals surface area (Å²) in [6.45, 7) is 2.55. The summed E-state index contributed by atoms with van der Waals surface area (Å²) in [6.07, 6.45) is 1.67. The molecule has 0 aliphatic heterocycles. The second-order valence-electron chi connectivity index (χ2n) is 7.04. The van der Waals surface area contributed by atoms with E-state index in [9.17, 15) is 4.79 Å². The first-order valence-corrected chi connectivity index (χ1v) is 10.9. The van der Waals surface area contributed by atoms with Gasteiger partial charge in [0.05, 0.1) is 18.3 Å². The summed E-state index contributed by atoms with van der Waals surface area (Å²) in [7, 11) is 0. The Morgan fingerprint density at radius 2 is 1.76 bits per heavy atom. The molecule has 2 aromatic heterocycles. The minimum absolute atomic E-state index is 0.00482. The van der Waals surface area contributed by atoms with Gasteiger partial charge >= 0.3 is 0 Å². The molecule has 0 bridgehead atoms. The Morgan fingerprint density at radius 1 is 1.00 bits per heavy atom. The predicted octanol–water partition coefficient (Wildman–Crippen LogP) is 6.40. The average molecular weight is 461 g/mol. The van der Waals surface area contributed by atoms with Gasteiger partial charge in [-0.2, -0.15) is 0 Å². The summed E-state index contributed by atoms with van der Waals surface area (Å²) in [5.74, 6) is 0. The molecular weight excluding hydrogens is 444 g/mol. The van der Waals surface area contributed by atoms with E-state index in [4.69, 9.17) is 0 Å². The van der Waals surface area contributed by atoms with E-state index in [-0.39, 0.29) is 5.56 Å². The Hall–Kier alpha value is -2.76. The van der Waals surface area contributed by atoms with Crippen LogP contribution in [0.1, 0.15) is 10.4 Å². The van der Waals surface area contributed by atoms with Crippen LogP contribution in [0, 0.1) is 6.92 Å². The summed E-state index contributed by atoms with van der Waals surface area (Å²) in [5, 5.41) is 3.04. The van der Waals surface area contributed by atoms with E-state index in [1.165, 1.54) is 5.39 Å². The van der Waals surface area contributed by atoms with Gasteiger partial charge in [0, 0.05) is 14.9 Å². The maximum Gasteiger partial charge on any atom is 0.263 e. The summed E-state index contributed by atoms with van der Waals surface area (Å²) < 4.78 is 2.74. The van der Waals surface area contributed by atoms with Gasteiger partial charge in [0.1, 0.15) is 4.83 Å². The Morgan fingerprint density at radius 3 is 2.59 bits per heavy atom. The molecule has 0 N–H and O–H groups in total. The monoisotopic (exact) mass is 460 g/mol. The van der Waals surface area contributed by atoms with Crippen molar-refractivity contribution < 1.29 is 0 Å². The number of rotatable bonds is 3. The Bertz CT molecular complexity index is 1410. The highest BCUT2D eigenvalue weighted by atomic mass is 79.9. The molecule has 0 unspecified atom stereocenters. The molecule has 3 nitrogen and oxygen atoms in total. The van der Waals surface area contributed by atoms with Gasteiger partial charge in [-0.05, 0) is 41.0 Å². The highest BCUT2D eigenvalue weighted by Gasteiger charge is 2.17. The molecule has 2 heterocycles. The van der Waals surface area contributed by atoms with Crippen LogP contribution in [0.15, 0.2) is 82.3 Å². The summed E-state index contributed by atoms with van der Waals surface area (Å²) in [4.78, 5) is 20.0. The number of benzene rings is 3. The Labute approximate surface area is 180 Å². The lowest BCUT2D eigenvalue weighted by molar-refractivity contribution is 0.754. The third-order valence-electron chi connectivity index (χ3n) is 5.21. The molecular formula is C24H17BrN2OS. The molecule has 5 heteroatoms. The summed E-state index contributed by atoms with van der Waals surface area (Å²) >= 11 is 5.06. The van der Waals surface area contributed by atoms with Crippen LogP contribution in [0.25, 0.3) is 32.1 Å².